The monoisotopic (exact) mass is 234 g/mol. The highest BCUT2D eigenvalue weighted by Crippen LogP contribution is 2.13. The van der Waals surface area contributed by atoms with E-state index in [1.165, 1.54) is 0 Å². The molecule has 0 unspecified atom stereocenters. The first-order valence-electron chi connectivity index (χ1n) is 5.39. The van der Waals surface area contributed by atoms with Gasteiger partial charge >= 0.3 is 5.97 Å². The molecule has 1 N–H and O–H groups in total. The summed E-state index contributed by atoms with van der Waals surface area (Å²) in [5, 5.41) is 11.8. The Morgan fingerprint density at radius 2 is 2.53 bits per heavy atom. The smallest absolute Gasteiger partial charge is 0.307 e. The Hall–Kier alpha value is -2.21. The molecule has 0 aromatic heterocycles. The van der Waals surface area contributed by atoms with Gasteiger partial charge in [0.15, 0.2) is 0 Å². The average Bonchev–Trinajstić information content (AvgIpc) is 2.77. The van der Waals surface area contributed by atoms with Gasteiger partial charge < -0.3 is 15.0 Å². The number of allylic oxidation sites excluding steroid dienone is 1. The third-order valence-corrected chi connectivity index (χ3v) is 2.32. The fourth-order valence-electron chi connectivity index (χ4n) is 1.58. The maximum Gasteiger partial charge on any atom is 0.307 e. The molecule has 1 aliphatic heterocycles. The Balaban J connectivity index is 2.60. The minimum atomic E-state index is -0.264. The number of hydrogen-bond acceptors (Lipinski definition) is 5. The number of esters is 1. The Morgan fingerprint density at radius 3 is 3.12 bits per heavy atom. The molecule has 0 amide bonds. The van der Waals surface area contributed by atoms with Gasteiger partial charge in [0.1, 0.15) is 5.82 Å². The second-order valence-electron chi connectivity index (χ2n) is 3.39. The molecule has 0 aliphatic carbocycles. The molecule has 0 spiro atoms. The third-order valence-electron chi connectivity index (χ3n) is 2.32. The van der Waals surface area contributed by atoms with E-state index >= 15 is 0 Å². The van der Waals surface area contributed by atoms with Gasteiger partial charge in [-0.2, -0.15) is 0 Å². The highest BCUT2D eigenvalue weighted by molar-refractivity contribution is 5.69. The lowest BCUT2D eigenvalue weighted by Gasteiger charge is -2.18. The molecule has 0 radical (unpaired) electrons. The van der Waals surface area contributed by atoms with Crippen molar-refractivity contribution in [2.24, 2.45) is 0 Å². The summed E-state index contributed by atoms with van der Waals surface area (Å²) in [4.78, 5) is 16.2. The molecule has 90 valence electrons. The predicted octanol–water partition coefficient (Wildman–Crippen LogP) is 0.457. The van der Waals surface area contributed by atoms with Gasteiger partial charge in [-0.05, 0) is 6.92 Å². The van der Waals surface area contributed by atoms with Gasteiger partial charge in [-0.15, -0.1) is 0 Å². The highest BCUT2D eigenvalue weighted by Gasteiger charge is 2.21. The maximum atomic E-state index is 11.2. The zero-order chi connectivity index (χ0) is 12.7. The number of ether oxygens (including phenoxy) is 1. The molecule has 0 bridgehead atoms. The number of hydrogen-bond donors (Lipinski definition) is 1. The third kappa shape index (κ3) is 3.39. The summed E-state index contributed by atoms with van der Waals surface area (Å²) < 4.78 is 4.82. The summed E-state index contributed by atoms with van der Waals surface area (Å²) in [6.07, 6.45) is 0.260. The molecule has 1 fully saturated rings. The molecule has 0 aromatic carbocycles. The van der Waals surface area contributed by atoms with Crippen molar-refractivity contribution >= 4 is 5.97 Å². The van der Waals surface area contributed by atoms with Crippen LogP contribution < -0.4 is 5.32 Å². The first kappa shape index (κ1) is 12.9. The van der Waals surface area contributed by atoms with E-state index in [1.54, 1.807) is 6.92 Å². The van der Waals surface area contributed by atoms with E-state index < -0.39 is 0 Å². The lowest BCUT2D eigenvalue weighted by molar-refractivity contribution is -0.143. The number of carbonyl (C=O) groups excluding carboxylic acids is 1. The minimum Gasteiger partial charge on any atom is -0.466 e. The molecule has 1 aliphatic rings. The lowest BCUT2D eigenvalue weighted by Crippen LogP contribution is -2.25. The molecule has 0 saturated carbocycles. The molecular formula is C11H14N4O2. The maximum absolute atomic E-state index is 11.2. The van der Waals surface area contributed by atoms with Crippen molar-refractivity contribution in [3.63, 3.8) is 0 Å². The molecule has 0 atom stereocenters. The number of nitrogens with zero attached hydrogens (tertiary/aromatic N) is 3. The van der Waals surface area contributed by atoms with E-state index in [1.807, 2.05) is 11.0 Å². The summed E-state index contributed by atoms with van der Waals surface area (Å²) in [6, 6.07) is 1.84. The first-order chi connectivity index (χ1) is 8.22. The number of nitriles is 1. The largest absolute Gasteiger partial charge is 0.466 e. The average molecular weight is 234 g/mol. The minimum absolute atomic E-state index is 0.0337. The zero-order valence-electron chi connectivity index (χ0n) is 9.69. The molecule has 0 aromatic rings. The van der Waals surface area contributed by atoms with Gasteiger partial charge in [-0.25, -0.2) is 10.1 Å². The Kier molecular flexibility index (Phi) is 4.83. The fourth-order valence-corrected chi connectivity index (χ4v) is 1.58. The summed E-state index contributed by atoms with van der Waals surface area (Å²) in [5.41, 5.74) is 0.0337. The van der Waals surface area contributed by atoms with E-state index in [4.69, 9.17) is 16.6 Å². The van der Waals surface area contributed by atoms with Crippen LogP contribution in [-0.2, 0) is 9.53 Å². The van der Waals surface area contributed by atoms with Crippen molar-refractivity contribution in [1.29, 1.82) is 5.26 Å². The van der Waals surface area contributed by atoms with Crippen molar-refractivity contribution in [2.75, 3.05) is 26.2 Å². The van der Waals surface area contributed by atoms with Gasteiger partial charge in [0.25, 0.3) is 5.70 Å². The summed E-state index contributed by atoms with van der Waals surface area (Å²) >= 11 is 0. The van der Waals surface area contributed by atoms with Gasteiger partial charge in [-0.3, -0.25) is 4.79 Å². The molecule has 1 heterocycles. The van der Waals surface area contributed by atoms with E-state index in [-0.39, 0.29) is 18.1 Å². The zero-order valence-corrected chi connectivity index (χ0v) is 9.69. The second-order valence-corrected chi connectivity index (χ2v) is 3.39. The van der Waals surface area contributed by atoms with Gasteiger partial charge in [0, 0.05) is 19.6 Å². The standard InChI is InChI=1S/C11H14N4O2/c1-3-17-10(16)4-6-15-7-5-14-11(15)9(8-12)13-2/h14H,3-7H2,1H3/b11-9-. The Morgan fingerprint density at radius 1 is 1.76 bits per heavy atom. The second kappa shape index (κ2) is 6.39. The topological polar surface area (TPSA) is 69.7 Å². The van der Waals surface area contributed by atoms with Gasteiger partial charge in [0.2, 0.25) is 0 Å². The van der Waals surface area contributed by atoms with E-state index in [9.17, 15) is 4.79 Å². The van der Waals surface area contributed by atoms with Crippen molar-refractivity contribution in [2.45, 2.75) is 13.3 Å². The first-order valence-corrected chi connectivity index (χ1v) is 5.39. The lowest BCUT2D eigenvalue weighted by atomic mass is 10.3. The van der Waals surface area contributed by atoms with E-state index in [2.05, 4.69) is 10.2 Å². The number of nitrogens with one attached hydrogen (secondary N) is 1. The summed E-state index contributed by atoms with van der Waals surface area (Å²) in [6.45, 7) is 10.8. The normalized spacial score (nSPS) is 16.8. The molecule has 17 heavy (non-hydrogen) atoms. The van der Waals surface area contributed by atoms with Crippen LogP contribution in [0.3, 0.4) is 0 Å². The van der Waals surface area contributed by atoms with Crippen LogP contribution in [0.15, 0.2) is 11.5 Å². The van der Waals surface area contributed by atoms with Gasteiger partial charge in [-0.1, -0.05) is 0 Å². The number of rotatable bonds is 4. The Bertz CT molecular complexity index is 387. The van der Waals surface area contributed by atoms with E-state index in [0.29, 0.717) is 32.1 Å². The van der Waals surface area contributed by atoms with Crippen LogP contribution in [0.5, 0.6) is 0 Å². The molecule has 1 rings (SSSR count). The molecule has 6 heteroatoms. The fraction of sp³-hybridized carbons (Fsp3) is 0.545. The van der Waals surface area contributed by atoms with Crippen LogP contribution in [0, 0.1) is 17.9 Å². The number of carbonyl (C=O) groups is 1. The van der Waals surface area contributed by atoms with Crippen LogP contribution in [0.2, 0.25) is 0 Å². The van der Waals surface area contributed by atoms with Crippen molar-refractivity contribution in [3.05, 3.63) is 22.9 Å². The molecule has 1 saturated heterocycles. The summed E-state index contributed by atoms with van der Waals surface area (Å²) in [7, 11) is 0. The van der Waals surface area contributed by atoms with Crippen molar-refractivity contribution in [3.8, 4) is 6.07 Å². The van der Waals surface area contributed by atoms with E-state index in [0.717, 1.165) is 0 Å². The molecular weight excluding hydrogens is 220 g/mol. The summed E-state index contributed by atoms with van der Waals surface area (Å²) in [5.74, 6) is 0.256. The quantitative estimate of drug-likeness (QED) is 0.434. The van der Waals surface area contributed by atoms with Crippen LogP contribution in [0.4, 0.5) is 0 Å². The van der Waals surface area contributed by atoms with Crippen LogP contribution in [0.25, 0.3) is 4.85 Å². The predicted molar refractivity (Wildman–Crippen MR) is 60.1 cm³/mol. The SMILES string of the molecule is [C-]#[N+]/C(C#N)=C1/NCCN1CCC(=O)OCC. The Labute approximate surface area is 100 Å². The highest BCUT2D eigenvalue weighted by atomic mass is 16.5. The van der Waals surface area contributed by atoms with Crippen molar-refractivity contribution < 1.29 is 9.53 Å². The van der Waals surface area contributed by atoms with Gasteiger partial charge in [0.05, 0.1) is 25.7 Å². The van der Waals surface area contributed by atoms with Crippen LogP contribution in [0.1, 0.15) is 13.3 Å². The van der Waals surface area contributed by atoms with Crippen LogP contribution >= 0.6 is 0 Å². The van der Waals surface area contributed by atoms with Crippen LogP contribution in [-0.4, -0.2) is 37.1 Å². The molecule has 6 nitrogen and oxygen atoms in total. The van der Waals surface area contributed by atoms with Crippen molar-refractivity contribution in [1.82, 2.24) is 10.2 Å².